The molecule has 2 unspecified atom stereocenters. The third-order valence-electron chi connectivity index (χ3n) is 9.33. The number of fused-ring (bicyclic) bond motifs is 5. The van der Waals surface area contributed by atoms with Crippen LogP contribution in [0.5, 0.6) is 0 Å². The van der Waals surface area contributed by atoms with Gasteiger partial charge in [0.25, 0.3) is 5.91 Å². The number of amides is 1. The van der Waals surface area contributed by atoms with Crippen LogP contribution < -0.4 is 5.32 Å². The number of hydrogen-bond acceptors (Lipinski definition) is 2. The van der Waals surface area contributed by atoms with Crippen molar-refractivity contribution < 1.29 is 9.18 Å². The smallest absolute Gasteiger partial charge is 0.263 e. The Morgan fingerprint density at radius 1 is 1.07 bits per heavy atom. The van der Waals surface area contributed by atoms with Gasteiger partial charge in [0, 0.05) is 30.6 Å². The summed E-state index contributed by atoms with van der Waals surface area (Å²) < 4.78 is 15.7. The predicted octanol–water partition coefficient (Wildman–Crippen LogP) is 4.77. The molecule has 4 saturated carbocycles. The zero-order chi connectivity index (χ0) is 19.1. The number of nitrogens with one attached hydrogen (secondary N) is 1. The van der Waals surface area contributed by atoms with Gasteiger partial charge in [0.1, 0.15) is 10.3 Å². The van der Waals surface area contributed by atoms with E-state index >= 15 is 4.39 Å². The Hall–Kier alpha value is -0.420. The van der Waals surface area contributed by atoms with E-state index in [0.29, 0.717) is 29.2 Å². The Kier molecular flexibility index (Phi) is 4.16. The third-order valence-corrected chi connectivity index (χ3v) is 10.0. The largest absolute Gasteiger partial charge is 0.337 e. The molecule has 1 N–H and O–H groups in total. The van der Waals surface area contributed by atoms with E-state index in [4.69, 9.17) is 0 Å². The first kappa shape index (κ1) is 18.6. The van der Waals surface area contributed by atoms with Crippen molar-refractivity contribution in [3.63, 3.8) is 0 Å². The molecule has 0 aromatic carbocycles. The fraction of sp³-hybridized carbons (Fsp3) is 0.864. The maximum absolute atomic E-state index is 15.6. The van der Waals surface area contributed by atoms with E-state index in [1.165, 1.54) is 32.1 Å². The van der Waals surface area contributed by atoms with Gasteiger partial charge in [-0.05, 0) is 90.5 Å². The summed E-state index contributed by atoms with van der Waals surface area (Å²) in [6.07, 6.45) is 9.59. The Labute approximate surface area is 170 Å². The Bertz CT molecular complexity index is 706. The van der Waals surface area contributed by atoms with Crippen LogP contribution in [0.3, 0.4) is 0 Å². The number of likely N-dealkylation sites (N-methyl/N-ethyl adjacent to an activating group) is 1. The molecular weight excluding hydrogens is 407 g/mol. The first-order valence-corrected chi connectivity index (χ1v) is 11.7. The van der Waals surface area contributed by atoms with E-state index in [0.717, 1.165) is 25.3 Å². The molecule has 5 aliphatic rings. The first-order chi connectivity index (χ1) is 12.8. The van der Waals surface area contributed by atoms with Crippen molar-refractivity contribution in [3.8, 4) is 0 Å². The second-order valence-electron chi connectivity index (χ2n) is 10.4. The van der Waals surface area contributed by atoms with Crippen LogP contribution in [0.2, 0.25) is 0 Å². The molecular formula is C22H32BrFN2O. The second-order valence-corrected chi connectivity index (χ2v) is 11.2. The van der Waals surface area contributed by atoms with Gasteiger partial charge in [-0.25, -0.2) is 4.39 Å². The lowest BCUT2D eigenvalue weighted by atomic mass is 9.48. The van der Waals surface area contributed by atoms with E-state index in [9.17, 15) is 4.79 Å². The Morgan fingerprint density at radius 2 is 1.81 bits per heavy atom. The van der Waals surface area contributed by atoms with Crippen LogP contribution in [0.4, 0.5) is 4.39 Å². The standard InChI is InChI=1S/C22H32BrFN2O/c1-21-11-10-15-13(14(21)7-8-16(21)25-12-4-5-12)6-9-17-22(15,2)19(24)18(23)20(27)26(17)3/h12-17,25H,4-11H2,1-3H3/t13-,14-,15+,16?,17?,21-,22+/m0/s1. The zero-order valence-corrected chi connectivity index (χ0v) is 18.3. The van der Waals surface area contributed by atoms with Crippen molar-refractivity contribution >= 4 is 21.8 Å². The van der Waals surface area contributed by atoms with Crippen LogP contribution in [0.15, 0.2) is 10.3 Å². The summed E-state index contributed by atoms with van der Waals surface area (Å²) in [5.74, 6) is 1.25. The molecule has 0 saturated heterocycles. The molecule has 27 heavy (non-hydrogen) atoms. The lowest BCUT2D eigenvalue weighted by Gasteiger charge is -2.60. The minimum atomic E-state index is -0.534. The van der Waals surface area contributed by atoms with E-state index < -0.39 is 5.41 Å². The van der Waals surface area contributed by atoms with Crippen LogP contribution in [-0.4, -0.2) is 36.0 Å². The van der Waals surface area contributed by atoms with Crippen molar-refractivity contribution in [1.82, 2.24) is 10.2 Å². The van der Waals surface area contributed by atoms with E-state index in [1.54, 1.807) is 0 Å². The summed E-state index contributed by atoms with van der Waals surface area (Å²) in [6.45, 7) is 4.61. The fourth-order valence-electron chi connectivity index (χ4n) is 7.67. The normalized spacial score (nSPS) is 49.7. The van der Waals surface area contributed by atoms with E-state index in [-0.39, 0.29) is 22.3 Å². The lowest BCUT2D eigenvalue weighted by molar-refractivity contribution is -0.142. The van der Waals surface area contributed by atoms with Crippen molar-refractivity contribution in [1.29, 1.82) is 0 Å². The summed E-state index contributed by atoms with van der Waals surface area (Å²) in [5, 5.41) is 3.94. The number of rotatable bonds is 2. The minimum Gasteiger partial charge on any atom is -0.337 e. The molecule has 3 nitrogen and oxygen atoms in total. The summed E-state index contributed by atoms with van der Waals surface area (Å²) in [4.78, 5) is 14.3. The van der Waals surface area contributed by atoms with Crippen molar-refractivity contribution in [2.24, 2.45) is 28.6 Å². The molecule has 150 valence electrons. The molecule has 1 aliphatic heterocycles. The van der Waals surface area contributed by atoms with Gasteiger partial charge in [-0.1, -0.05) is 13.8 Å². The Balaban J connectivity index is 1.48. The SMILES string of the molecule is CN1C(=O)C(Br)=C(F)[C@@]2(C)C1CC[C@@H]1[C@H]2CC[C@]2(C)C(NC3CC3)CC[C@@H]12. The quantitative estimate of drug-likeness (QED) is 0.673. The van der Waals surface area contributed by atoms with Gasteiger partial charge in [-0.3, -0.25) is 4.79 Å². The molecule has 1 heterocycles. The molecule has 0 radical (unpaired) electrons. The predicted molar refractivity (Wildman–Crippen MR) is 108 cm³/mol. The molecule has 7 atom stereocenters. The molecule has 0 aromatic heterocycles. The molecule has 0 bridgehead atoms. The number of halogens is 2. The maximum atomic E-state index is 15.6. The highest BCUT2D eigenvalue weighted by molar-refractivity contribution is 9.12. The molecule has 4 aliphatic carbocycles. The average molecular weight is 439 g/mol. The fourth-order valence-corrected chi connectivity index (χ4v) is 8.38. The zero-order valence-electron chi connectivity index (χ0n) is 16.7. The second kappa shape index (κ2) is 6.04. The van der Waals surface area contributed by atoms with Gasteiger partial charge >= 0.3 is 0 Å². The van der Waals surface area contributed by atoms with Crippen LogP contribution in [-0.2, 0) is 4.79 Å². The van der Waals surface area contributed by atoms with Gasteiger partial charge in [0.05, 0.1) is 0 Å². The molecule has 0 spiro atoms. The summed E-state index contributed by atoms with van der Waals surface area (Å²) >= 11 is 3.29. The number of carbonyl (C=O) groups is 1. The molecule has 1 amide bonds. The van der Waals surface area contributed by atoms with Crippen LogP contribution in [0.25, 0.3) is 0 Å². The minimum absolute atomic E-state index is 0.00121. The number of hydrogen-bond donors (Lipinski definition) is 1. The van der Waals surface area contributed by atoms with Crippen molar-refractivity contribution in [2.45, 2.75) is 83.3 Å². The van der Waals surface area contributed by atoms with Gasteiger partial charge in [0.15, 0.2) is 0 Å². The van der Waals surface area contributed by atoms with Gasteiger partial charge in [-0.2, -0.15) is 0 Å². The van der Waals surface area contributed by atoms with Crippen molar-refractivity contribution in [2.75, 3.05) is 7.05 Å². The van der Waals surface area contributed by atoms with Crippen LogP contribution in [0, 0.1) is 28.6 Å². The Morgan fingerprint density at radius 3 is 2.52 bits per heavy atom. The third kappa shape index (κ3) is 2.43. The van der Waals surface area contributed by atoms with E-state index in [2.05, 4.69) is 35.1 Å². The van der Waals surface area contributed by atoms with E-state index in [1.807, 2.05) is 11.9 Å². The highest BCUT2D eigenvalue weighted by Crippen LogP contribution is 2.66. The van der Waals surface area contributed by atoms with Gasteiger partial charge < -0.3 is 10.2 Å². The van der Waals surface area contributed by atoms with Crippen molar-refractivity contribution in [3.05, 3.63) is 10.3 Å². The molecule has 4 fully saturated rings. The first-order valence-electron chi connectivity index (χ1n) is 10.9. The summed E-state index contributed by atoms with van der Waals surface area (Å²) in [7, 11) is 1.86. The average Bonchev–Trinajstić information content (AvgIpc) is 3.40. The highest BCUT2D eigenvalue weighted by atomic mass is 79.9. The van der Waals surface area contributed by atoms with Gasteiger partial charge in [-0.15, -0.1) is 0 Å². The lowest BCUT2D eigenvalue weighted by Crippen LogP contribution is -2.62. The monoisotopic (exact) mass is 438 g/mol. The van der Waals surface area contributed by atoms with Crippen LogP contribution in [0.1, 0.15) is 65.2 Å². The highest BCUT2D eigenvalue weighted by Gasteiger charge is 2.63. The van der Waals surface area contributed by atoms with Gasteiger partial charge in [0.2, 0.25) is 0 Å². The number of nitrogens with zero attached hydrogens (tertiary/aromatic N) is 1. The summed E-state index contributed by atoms with van der Waals surface area (Å²) in [6, 6.07) is 1.40. The molecule has 0 aromatic rings. The number of carbonyl (C=O) groups excluding carboxylic acids is 1. The molecule has 5 heteroatoms. The van der Waals surface area contributed by atoms with Crippen LogP contribution >= 0.6 is 15.9 Å². The molecule has 5 rings (SSSR count). The summed E-state index contributed by atoms with van der Waals surface area (Å²) in [5.41, 5.74) is -0.172. The topological polar surface area (TPSA) is 32.3 Å². The maximum Gasteiger partial charge on any atom is 0.263 e.